The van der Waals surface area contributed by atoms with Crippen molar-refractivity contribution < 1.29 is 18.3 Å². The highest BCUT2D eigenvalue weighted by molar-refractivity contribution is 5.24. The van der Waals surface area contributed by atoms with Gasteiger partial charge in [0.15, 0.2) is 0 Å². The minimum absolute atomic E-state index is 0.606. The van der Waals surface area contributed by atoms with Gasteiger partial charge in [0.1, 0.15) is 0 Å². The highest BCUT2D eigenvalue weighted by Gasteiger charge is 2.29. The summed E-state index contributed by atoms with van der Waals surface area (Å²) in [5, 5.41) is 8.69. The van der Waals surface area contributed by atoms with Crippen molar-refractivity contribution in [2.75, 3.05) is 0 Å². The van der Waals surface area contributed by atoms with Gasteiger partial charge in [0, 0.05) is 0 Å². The maximum atomic E-state index is 12.3. The van der Waals surface area contributed by atoms with E-state index in [0.717, 1.165) is 55.2 Å². The summed E-state index contributed by atoms with van der Waals surface area (Å²) in [7, 11) is 0. The van der Waals surface area contributed by atoms with Crippen LogP contribution >= 0.6 is 0 Å². The van der Waals surface area contributed by atoms with Crippen molar-refractivity contribution in [1.29, 1.82) is 0 Å². The molecular weight excluding hydrogens is 241 g/mol. The first-order valence-electron chi connectivity index (χ1n) is 5.89. The predicted molar refractivity (Wildman–Crippen MR) is 65.4 cm³/mol. The molecule has 0 amide bonds. The molecule has 0 spiro atoms. The Kier molecular flexibility index (Phi) is 5.25. The molecule has 0 atom stereocenters. The molecule has 1 rings (SSSR count). The van der Waals surface area contributed by atoms with Crippen LogP contribution in [0.25, 0.3) is 0 Å². The molecule has 0 bridgehead atoms. The van der Waals surface area contributed by atoms with Crippen LogP contribution < -0.4 is 0 Å². The summed E-state index contributed by atoms with van der Waals surface area (Å²) in [6.45, 7) is 1.85. The molecule has 18 heavy (non-hydrogen) atoms. The van der Waals surface area contributed by atoms with Crippen LogP contribution in [0.5, 0.6) is 0 Å². The van der Waals surface area contributed by atoms with Crippen LogP contribution in [0.15, 0.2) is 36.1 Å². The van der Waals surface area contributed by atoms with Crippen LogP contribution in [0, 0.1) is 0 Å². The van der Waals surface area contributed by atoms with Crippen molar-refractivity contribution in [2.24, 2.45) is 0 Å². The summed E-state index contributed by atoms with van der Waals surface area (Å²) in [6, 6.07) is 5.29. The van der Waals surface area contributed by atoms with Crippen molar-refractivity contribution in [3.63, 3.8) is 0 Å². The number of halogens is 3. The number of aliphatic hydroxyl groups excluding tert-OH is 1. The average molecular weight is 258 g/mol. The Bertz CT molecular complexity index is 390. The van der Waals surface area contributed by atoms with E-state index >= 15 is 0 Å². The molecule has 100 valence electrons. The molecule has 0 fully saturated rings. The molecule has 1 nitrogen and oxygen atoms in total. The third-order valence-corrected chi connectivity index (χ3v) is 2.79. The van der Waals surface area contributed by atoms with Crippen LogP contribution in [0.4, 0.5) is 13.2 Å². The number of hydrogen-bond donors (Lipinski definition) is 1. The molecule has 0 unspecified atom stereocenters. The second kappa shape index (κ2) is 6.47. The SMILES string of the molecule is CC(=CO)CCCCc1ccc(C(F)(F)F)cc1. The van der Waals surface area contributed by atoms with E-state index in [-0.39, 0.29) is 0 Å². The quantitative estimate of drug-likeness (QED) is 0.589. The zero-order valence-electron chi connectivity index (χ0n) is 10.3. The highest BCUT2D eigenvalue weighted by Crippen LogP contribution is 2.29. The summed E-state index contributed by atoms with van der Waals surface area (Å²) in [6.07, 6.45) is 0.230. The van der Waals surface area contributed by atoms with Gasteiger partial charge in [0.2, 0.25) is 0 Å². The topological polar surface area (TPSA) is 20.2 Å². The smallest absolute Gasteiger partial charge is 0.416 e. The number of rotatable bonds is 5. The summed E-state index contributed by atoms with van der Waals surface area (Å²) >= 11 is 0. The number of unbranched alkanes of at least 4 members (excludes halogenated alkanes) is 1. The van der Waals surface area contributed by atoms with E-state index in [9.17, 15) is 13.2 Å². The Morgan fingerprint density at radius 2 is 1.78 bits per heavy atom. The fraction of sp³-hybridized carbons (Fsp3) is 0.429. The molecule has 1 aromatic carbocycles. The number of allylic oxidation sites excluding steroid dienone is 1. The van der Waals surface area contributed by atoms with Gasteiger partial charge >= 0.3 is 6.18 Å². The zero-order valence-corrected chi connectivity index (χ0v) is 10.3. The minimum atomic E-state index is -4.26. The predicted octanol–water partition coefficient (Wildman–Crippen LogP) is 4.88. The average Bonchev–Trinajstić information content (AvgIpc) is 2.33. The Labute approximate surface area is 105 Å². The summed E-state index contributed by atoms with van der Waals surface area (Å²) in [4.78, 5) is 0. The van der Waals surface area contributed by atoms with Gasteiger partial charge in [-0.3, -0.25) is 0 Å². The number of aliphatic hydroxyl groups is 1. The van der Waals surface area contributed by atoms with E-state index in [1.165, 1.54) is 12.1 Å². The van der Waals surface area contributed by atoms with Crippen LogP contribution in [0.2, 0.25) is 0 Å². The lowest BCUT2D eigenvalue weighted by molar-refractivity contribution is -0.137. The summed E-state index contributed by atoms with van der Waals surface area (Å²) in [5.74, 6) is 0. The van der Waals surface area contributed by atoms with Gasteiger partial charge < -0.3 is 5.11 Å². The van der Waals surface area contributed by atoms with Gasteiger partial charge in [0.25, 0.3) is 0 Å². The maximum absolute atomic E-state index is 12.3. The molecular formula is C14H17F3O. The van der Waals surface area contributed by atoms with Gasteiger partial charge in [-0.25, -0.2) is 0 Å². The van der Waals surface area contributed by atoms with Crippen LogP contribution in [-0.4, -0.2) is 5.11 Å². The largest absolute Gasteiger partial charge is 0.516 e. The van der Waals surface area contributed by atoms with Crippen molar-refractivity contribution in [3.8, 4) is 0 Å². The Morgan fingerprint density at radius 3 is 2.28 bits per heavy atom. The molecule has 4 heteroatoms. The van der Waals surface area contributed by atoms with Crippen molar-refractivity contribution >= 4 is 0 Å². The van der Waals surface area contributed by atoms with Crippen LogP contribution in [0.1, 0.15) is 37.3 Å². The van der Waals surface area contributed by atoms with Crippen molar-refractivity contribution in [3.05, 3.63) is 47.2 Å². The first-order chi connectivity index (χ1) is 8.43. The number of alkyl halides is 3. The minimum Gasteiger partial charge on any atom is -0.516 e. The van der Waals surface area contributed by atoms with Gasteiger partial charge in [-0.15, -0.1) is 0 Å². The molecule has 0 aromatic heterocycles. The van der Waals surface area contributed by atoms with Gasteiger partial charge in [-0.05, 0) is 55.9 Å². The Morgan fingerprint density at radius 1 is 1.17 bits per heavy atom. The molecule has 0 radical (unpaired) electrons. The monoisotopic (exact) mass is 258 g/mol. The second-order valence-corrected chi connectivity index (χ2v) is 4.38. The molecule has 0 saturated carbocycles. The van der Waals surface area contributed by atoms with E-state index in [1.54, 1.807) is 0 Å². The van der Waals surface area contributed by atoms with Crippen LogP contribution in [-0.2, 0) is 12.6 Å². The van der Waals surface area contributed by atoms with E-state index in [4.69, 9.17) is 5.11 Å². The molecule has 0 aliphatic heterocycles. The number of benzene rings is 1. The Balaban J connectivity index is 2.40. The summed E-state index contributed by atoms with van der Waals surface area (Å²) < 4.78 is 37.0. The molecule has 0 aliphatic rings. The van der Waals surface area contributed by atoms with Crippen molar-refractivity contribution in [2.45, 2.75) is 38.8 Å². The third-order valence-electron chi connectivity index (χ3n) is 2.79. The maximum Gasteiger partial charge on any atom is 0.416 e. The van der Waals surface area contributed by atoms with E-state index < -0.39 is 11.7 Å². The van der Waals surface area contributed by atoms with Crippen molar-refractivity contribution in [1.82, 2.24) is 0 Å². The normalized spacial score (nSPS) is 12.8. The van der Waals surface area contributed by atoms with E-state index in [0.29, 0.717) is 0 Å². The standard InChI is InChI=1S/C14H17F3O/c1-11(10-18)4-2-3-5-12-6-8-13(9-7-12)14(15,16)17/h6-10,18H,2-5H2,1H3. The number of hydrogen-bond acceptors (Lipinski definition) is 1. The molecule has 0 heterocycles. The lowest BCUT2D eigenvalue weighted by atomic mass is 10.0. The zero-order chi connectivity index (χ0) is 13.6. The third kappa shape index (κ3) is 4.82. The van der Waals surface area contributed by atoms with Gasteiger partial charge in [-0.2, -0.15) is 13.2 Å². The number of aryl methyl sites for hydroxylation is 1. The first kappa shape index (κ1) is 14.6. The van der Waals surface area contributed by atoms with E-state index in [1.807, 2.05) is 6.92 Å². The van der Waals surface area contributed by atoms with E-state index in [2.05, 4.69) is 0 Å². The molecule has 0 saturated heterocycles. The van der Waals surface area contributed by atoms with Gasteiger partial charge in [0.05, 0.1) is 11.8 Å². The molecule has 1 N–H and O–H groups in total. The fourth-order valence-corrected chi connectivity index (χ4v) is 1.66. The molecule has 1 aromatic rings. The fourth-order valence-electron chi connectivity index (χ4n) is 1.66. The second-order valence-electron chi connectivity index (χ2n) is 4.38. The van der Waals surface area contributed by atoms with Crippen LogP contribution in [0.3, 0.4) is 0 Å². The highest BCUT2D eigenvalue weighted by atomic mass is 19.4. The first-order valence-corrected chi connectivity index (χ1v) is 5.89. The Hall–Kier alpha value is -1.45. The summed E-state index contributed by atoms with van der Waals surface area (Å²) in [5.41, 5.74) is 1.22. The molecule has 0 aliphatic carbocycles. The lowest BCUT2D eigenvalue weighted by Gasteiger charge is -2.07. The van der Waals surface area contributed by atoms with Gasteiger partial charge in [-0.1, -0.05) is 12.1 Å². The lowest BCUT2D eigenvalue weighted by Crippen LogP contribution is -2.04.